The van der Waals surface area contributed by atoms with Crippen LogP contribution in [0, 0.1) is 29.6 Å². The lowest BCUT2D eigenvalue weighted by atomic mass is 10.0. The predicted octanol–water partition coefficient (Wildman–Crippen LogP) is 3.07. The van der Waals surface area contributed by atoms with Gasteiger partial charge in [-0.3, -0.25) is 9.36 Å². The normalized spacial score (nSPS) is 11.7. The summed E-state index contributed by atoms with van der Waals surface area (Å²) in [6.07, 6.45) is 1.54. The Labute approximate surface area is 143 Å². The number of nitriles is 1. The van der Waals surface area contributed by atoms with Crippen LogP contribution in [0.5, 0.6) is 0 Å². The molecule has 6 nitrogen and oxygen atoms in total. The van der Waals surface area contributed by atoms with Gasteiger partial charge in [-0.2, -0.15) is 5.26 Å². The van der Waals surface area contributed by atoms with Gasteiger partial charge in [-0.15, -0.1) is 10.2 Å². The van der Waals surface area contributed by atoms with Gasteiger partial charge in [0.2, 0.25) is 0 Å². The standard InChI is InChI=1S/C15H14ClN5OS/c1-9-3-4-11(5-13(9)16)21-8-19-20-15(21)23-7-14(22)12(6-17)10(2)18/h3-5,8,12,18H,7H2,1-2H3/t12-/m1/s1. The highest BCUT2D eigenvalue weighted by Gasteiger charge is 2.21. The summed E-state index contributed by atoms with van der Waals surface area (Å²) < 4.78 is 1.72. The number of carbonyl (C=O) groups is 1. The molecule has 0 spiro atoms. The van der Waals surface area contributed by atoms with Gasteiger partial charge in [0, 0.05) is 10.7 Å². The molecule has 0 saturated carbocycles. The molecule has 0 amide bonds. The first-order chi connectivity index (χ1) is 10.9. The number of hydrogen-bond acceptors (Lipinski definition) is 6. The van der Waals surface area contributed by atoms with Gasteiger partial charge < -0.3 is 5.41 Å². The number of nitrogens with zero attached hydrogens (tertiary/aromatic N) is 4. The number of thioether (sulfide) groups is 1. The molecule has 2 aromatic rings. The Kier molecular flexibility index (Phi) is 5.53. The van der Waals surface area contributed by atoms with Gasteiger partial charge in [0.15, 0.2) is 10.9 Å². The van der Waals surface area contributed by atoms with E-state index in [9.17, 15) is 4.79 Å². The molecule has 1 heterocycles. The van der Waals surface area contributed by atoms with Crippen molar-refractivity contribution in [2.24, 2.45) is 5.92 Å². The van der Waals surface area contributed by atoms with Crippen molar-refractivity contribution in [1.29, 1.82) is 10.7 Å². The van der Waals surface area contributed by atoms with Gasteiger partial charge >= 0.3 is 0 Å². The molecule has 1 atom stereocenters. The minimum atomic E-state index is -1.01. The Morgan fingerprint density at radius 3 is 2.91 bits per heavy atom. The van der Waals surface area contributed by atoms with Crippen molar-refractivity contribution in [3.05, 3.63) is 35.1 Å². The van der Waals surface area contributed by atoms with E-state index in [1.165, 1.54) is 25.0 Å². The van der Waals surface area contributed by atoms with E-state index in [0.717, 1.165) is 11.3 Å². The van der Waals surface area contributed by atoms with Crippen molar-refractivity contribution < 1.29 is 4.79 Å². The number of carbonyl (C=O) groups excluding carboxylic acids is 1. The average Bonchev–Trinajstić information content (AvgIpc) is 2.96. The highest BCUT2D eigenvalue weighted by atomic mass is 35.5. The molecule has 0 aliphatic rings. The van der Waals surface area contributed by atoms with Crippen molar-refractivity contribution in [2.45, 2.75) is 19.0 Å². The molecule has 0 radical (unpaired) electrons. The van der Waals surface area contributed by atoms with Crippen molar-refractivity contribution >= 4 is 34.9 Å². The Hall–Kier alpha value is -2.17. The van der Waals surface area contributed by atoms with Crippen LogP contribution in [0.1, 0.15) is 12.5 Å². The maximum Gasteiger partial charge on any atom is 0.196 e. The van der Waals surface area contributed by atoms with Crippen LogP contribution in [0.15, 0.2) is 29.7 Å². The van der Waals surface area contributed by atoms with Crippen LogP contribution in [-0.4, -0.2) is 32.0 Å². The summed E-state index contributed by atoms with van der Waals surface area (Å²) in [7, 11) is 0. The van der Waals surface area contributed by atoms with E-state index in [2.05, 4.69) is 10.2 Å². The fourth-order valence-electron chi connectivity index (χ4n) is 1.86. The number of ketones is 1. The fourth-order valence-corrected chi connectivity index (χ4v) is 2.87. The zero-order chi connectivity index (χ0) is 17.0. The van der Waals surface area contributed by atoms with E-state index in [1.807, 2.05) is 25.1 Å². The molecular weight excluding hydrogens is 334 g/mol. The zero-order valence-corrected chi connectivity index (χ0v) is 14.1. The summed E-state index contributed by atoms with van der Waals surface area (Å²) in [6.45, 7) is 3.36. The molecule has 118 valence electrons. The third kappa shape index (κ3) is 3.97. The van der Waals surface area contributed by atoms with Crippen molar-refractivity contribution in [3.8, 4) is 11.8 Å². The van der Waals surface area contributed by atoms with Gasteiger partial charge in [-0.25, -0.2) is 0 Å². The first kappa shape index (κ1) is 17.2. The molecule has 0 unspecified atom stereocenters. The summed E-state index contributed by atoms with van der Waals surface area (Å²) >= 11 is 7.31. The molecule has 1 aromatic carbocycles. The largest absolute Gasteiger partial charge is 0.308 e. The van der Waals surface area contributed by atoms with E-state index in [-0.39, 0.29) is 17.2 Å². The average molecular weight is 348 g/mol. The lowest BCUT2D eigenvalue weighted by Gasteiger charge is -2.09. The number of nitrogens with one attached hydrogen (secondary N) is 1. The first-order valence-electron chi connectivity index (χ1n) is 6.70. The van der Waals surface area contributed by atoms with Crippen LogP contribution in [0.4, 0.5) is 0 Å². The zero-order valence-electron chi connectivity index (χ0n) is 12.6. The molecule has 0 bridgehead atoms. The van der Waals surface area contributed by atoms with E-state index in [1.54, 1.807) is 10.6 Å². The summed E-state index contributed by atoms with van der Waals surface area (Å²) in [5.74, 6) is -1.28. The second-order valence-electron chi connectivity index (χ2n) is 4.92. The van der Waals surface area contributed by atoms with Gasteiger partial charge in [-0.1, -0.05) is 29.4 Å². The highest BCUT2D eigenvalue weighted by Crippen LogP contribution is 2.24. The number of aromatic nitrogens is 3. The van der Waals surface area contributed by atoms with E-state index < -0.39 is 5.92 Å². The van der Waals surface area contributed by atoms with Crippen LogP contribution in [0.2, 0.25) is 5.02 Å². The Morgan fingerprint density at radius 2 is 2.30 bits per heavy atom. The molecule has 23 heavy (non-hydrogen) atoms. The van der Waals surface area contributed by atoms with Crippen LogP contribution in [0.25, 0.3) is 5.69 Å². The third-order valence-corrected chi connectivity index (χ3v) is 4.55. The lowest BCUT2D eigenvalue weighted by molar-refractivity contribution is -0.117. The minimum absolute atomic E-state index is 0.0462. The molecule has 0 aliphatic heterocycles. The number of Topliss-reactive ketones (excluding diaryl/α,β-unsaturated/α-hetero) is 1. The van der Waals surface area contributed by atoms with Crippen molar-refractivity contribution in [3.63, 3.8) is 0 Å². The quantitative estimate of drug-likeness (QED) is 0.640. The summed E-state index contributed by atoms with van der Waals surface area (Å²) in [5.41, 5.74) is 1.80. The number of aryl methyl sites for hydroxylation is 1. The molecule has 8 heteroatoms. The van der Waals surface area contributed by atoms with E-state index in [4.69, 9.17) is 22.3 Å². The van der Waals surface area contributed by atoms with Crippen LogP contribution in [-0.2, 0) is 4.79 Å². The molecule has 1 aromatic heterocycles. The maximum absolute atomic E-state index is 12.0. The van der Waals surface area contributed by atoms with Crippen molar-refractivity contribution in [1.82, 2.24) is 14.8 Å². The van der Waals surface area contributed by atoms with E-state index in [0.29, 0.717) is 10.2 Å². The molecule has 0 aliphatic carbocycles. The van der Waals surface area contributed by atoms with Crippen molar-refractivity contribution in [2.75, 3.05) is 5.75 Å². The van der Waals surface area contributed by atoms with Gasteiger partial charge in [-0.05, 0) is 31.5 Å². The van der Waals surface area contributed by atoms with Crippen LogP contribution in [0.3, 0.4) is 0 Å². The Morgan fingerprint density at radius 1 is 1.57 bits per heavy atom. The number of halogens is 1. The smallest absolute Gasteiger partial charge is 0.196 e. The third-order valence-electron chi connectivity index (χ3n) is 3.18. The van der Waals surface area contributed by atoms with Gasteiger partial charge in [0.1, 0.15) is 12.2 Å². The van der Waals surface area contributed by atoms with Crippen LogP contribution < -0.4 is 0 Å². The topological polar surface area (TPSA) is 95.4 Å². The predicted molar refractivity (Wildman–Crippen MR) is 89.3 cm³/mol. The van der Waals surface area contributed by atoms with E-state index >= 15 is 0 Å². The second-order valence-corrected chi connectivity index (χ2v) is 6.27. The second kappa shape index (κ2) is 7.40. The number of rotatable bonds is 6. The molecule has 0 saturated heterocycles. The SMILES string of the molecule is CC(=N)[C@@H](C#N)C(=O)CSc1nncn1-c1ccc(C)c(Cl)c1. The summed E-state index contributed by atoms with van der Waals surface area (Å²) in [4.78, 5) is 12.0. The summed E-state index contributed by atoms with van der Waals surface area (Å²) in [6, 6.07) is 7.42. The highest BCUT2D eigenvalue weighted by molar-refractivity contribution is 7.99. The summed E-state index contributed by atoms with van der Waals surface area (Å²) in [5, 5.41) is 25.4. The molecule has 1 N–H and O–H groups in total. The lowest BCUT2D eigenvalue weighted by Crippen LogP contribution is -2.21. The number of hydrogen-bond donors (Lipinski definition) is 1. The molecule has 0 fully saturated rings. The molecule has 2 rings (SSSR count). The Balaban J connectivity index is 2.16. The molecular formula is C15H14ClN5OS. The number of benzene rings is 1. The monoisotopic (exact) mass is 347 g/mol. The van der Waals surface area contributed by atoms with Gasteiger partial charge in [0.25, 0.3) is 0 Å². The van der Waals surface area contributed by atoms with Crippen LogP contribution >= 0.6 is 23.4 Å². The maximum atomic E-state index is 12.0. The first-order valence-corrected chi connectivity index (χ1v) is 8.07. The minimum Gasteiger partial charge on any atom is -0.308 e. The fraction of sp³-hybridized carbons (Fsp3) is 0.267. The van der Waals surface area contributed by atoms with Gasteiger partial charge in [0.05, 0.1) is 17.5 Å². The Bertz CT molecular complexity index is 795.